The molecule has 2 aromatic carbocycles. The Hall–Kier alpha value is -1.27. The normalized spacial score (nSPS) is 10.9. The first-order valence-corrected chi connectivity index (χ1v) is 8.04. The number of thiophene rings is 1. The zero-order valence-corrected chi connectivity index (χ0v) is 13.4. The van der Waals surface area contributed by atoms with Crippen LogP contribution in [0.4, 0.5) is 4.39 Å². The van der Waals surface area contributed by atoms with E-state index in [1.807, 2.05) is 46.2 Å². The van der Waals surface area contributed by atoms with Crippen molar-refractivity contribution in [3.63, 3.8) is 0 Å². The number of rotatable bonds is 3. The van der Waals surface area contributed by atoms with E-state index in [2.05, 4.69) is 6.07 Å². The standard InChI is InChI=1S/C16H10FIOS/c17-11-5-6-13(14(18)8-11)15(19)7-10-9-20-16-4-2-1-3-12(10)16/h1-6,8-9H,7H2. The highest BCUT2D eigenvalue weighted by Crippen LogP contribution is 2.27. The Labute approximate surface area is 133 Å². The second kappa shape index (κ2) is 5.61. The van der Waals surface area contributed by atoms with E-state index in [4.69, 9.17) is 0 Å². The van der Waals surface area contributed by atoms with Crippen LogP contribution in [-0.4, -0.2) is 5.78 Å². The first-order chi connectivity index (χ1) is 9.65. The smallest absolute Gasteiger partial charge is 0.168 e. The average Bonchev–Trinajstić information content (AvgIpc) is 2.82. The van der Waals surface area contributed by atoms with Crippen LogP contribution < -0.4 is 0 Å². The van der Waals surface area contributed by atoms with E-state index in [1.54, 1.807) is 17.4 Å². The molecule has 0 aliphatic heterocycles. The van der Waals surface area contributed by atoms with Crippen LogP contribution in [-0.2, 0) is 6.42 Å². The van der Waals surface area contributed by atoms with E-state index < -0.39 is 0 Å². The lowest BCUT2D eigenvalue weighted by atomic mass is 10.0. The Bertz CT molecular complexity index is 794. The number of fused-ring (bicyclic) bond motifs is 1. The van der Waals surface area contributed by atoms with Gasteiger partial charge in [0.2, 0.25) is 0 Å². The van der Waals surface area contributed by atoms with E-state index in [-0.39, 0.29) is 11.6 Å². The molecule has 4 heteroatoms. The fourth-order valence-corrected chi connectivity index (χ4v) is 3.89. The van der Waals surface area contributed by atoms with Crippen LogP contribution in [0.2, 0.25) is 0 Å². The maximum absolute atomic E-state index is 13.1. The van der Waals surface area contributed by atoms with E-state index in [1.165, 1.54) is 16.8 Å². The zero-order valence-electron chi connectivity index (χ0n) is 10.4. The molecule has 100 valence electrons. The van der Waals surface area contributed by atoms with Crippen LogP contribution in [0.15, 0.2) is 47.8 Å². The van der Waals surface area contributed by atoms with Crippen LogP contribution >= 0.6 is 33.9 Å². The first-order valence-electron chi connectivity index (χ1n) is 6.08. The second-order valence-electron chi connectivity index (χ2n) is 4.48. The fraction of sp³-hybridized carbons (Fsp3) is 0.0625. The summed E-state index contributed by atoms with van der Waals surface area (Å²) in [7, 11) is 0. The third kappa shape index (κ3) is 2.62. The molecule has 0 saturated heterocycles. The molecule has 1 nitrogen and oxygen atoms in total. The highest BCUT2D eigenvalue weighted by Gasteiger charge is 2.13. The number of benzene rings is 2. The predicted molar refractivity (Wildman–Crippen MR) is 89.0 cm³/mol. The number of Topliss-reactive ketones (excluding diaryl/α,β-unsaturated/α-hetero) is 1. The summed E-state index contributed by atoms with van der Waals surface area (Å²) in [5.74, 6) is -0.287. The molecule has 1 heterocycles. The van der Waals surface area contributed by atoms with Gasteiger partial charge in [-0.05, 0) is 63.2 Å². The molecular weight excluding hydrogens is 386 g/mol. The molecular formula is C16H10FIOS. The van der Waals surface area contributed by atoms with Gasteiger partial charge in [-0.1, -0.05) is 18.2 Å². The van der Waals surface area contributed by atoms with Crippen molar-refractivity contribution in [2.75, 3.05) is 0 Å². The van der Waals surface area contributed by atoms with Gasteiger partial charge < -0.3 is 0 Å². The van der Waals surface area contributed by atoms with Gasteiger partial charge >= 0.3 is 0 Å². The average molecular weight is 396 g/mol. The molecule has 0 bridgehead atoms. The van der Waals surface area contributed by atoms with Crippen molar-refractivity contribution >= 4 is 49.8 Å². The number of hydrogen-bond acceptors (Lipinski definition) is 2. The lowest BCUT2D eigenvalue weighted by Gasteiger charge is -2.03. The van der Waals surface area contributed by atoms with Crippen molar-refractivity contribution in [3.05, 3.63) is 68.4 Å². The maximum atomic E-state index is 13.1. The first kappa shape index (κ1) is 13.7. The highest BCUT2D eigenvalue weighted by molar-refractivity contribution is 14.1. The summed E-state index contributed by atoms with van der Waals surface area (Å²) in [6, 6.07) is 12.3. The molecule has 0 N–H and O–H groups in total. The van der Waals surface area contributed by atoms with Crippen LogP contribution in [0.25, 0.3) is 10.1 Å². The monoisotopic (exact) mass is 396 g/mol. The molecule has 0 saturated carbocycles. The Morgan fingerprint density at radius 3 is 2.80 bits per heavy atom. The van der Waals surface area contributed by atoms with Gasteiger partial charge in [-0.3, -0.25) is 4.79 Å². The van der Waals surface area contributed by atoms with Crippen molar-refractivity contribution in [2.24, 2.45) is 0 Å². The number of carbonyl (C=O) groups is 1. The van der Waals surface area contributed by atoms with Crippen molar-refractivity contribution in [1.82, 2.24) is 0 Å². The summed E-state index contributed by atoms with van der Waals surface area (Å²) in [6.07, 6.45) is 0.353. The van der Waals surface area contributed by atoms with Gasteiger partial charge in [-0.25, -0.2) is 4.39 Å². The lowest BCUT2D eigenvalue weighted by molar-refractivity contribution is 0.0992. The SMILES string of the molecule is O=C(Cc1csc2ccccc12)c1ccc(F)cc1I. The van der Waals surface area contributed by atoms with E-state index in [0.29, 0.717) is 15.6 Å². The summed E-state index contributed by atoms with van der Waals surface area (Å²) < 4.78 is 14.9. The zero-order chi connectivity index (χ0) is 14.1. The summed E-state index contributed by atoms with van der Waals surface area (Å²) in [5.41, 5.74) is 1.62. The van der Waals surface area contributed by atoms with Gasteiger partial charge in [-0.15, -0.1) is 11.3 Å². The van der Waals surface area contributed by atoms with E-state index in [0.717, 1.165) is 10.9 Å². The number of hydrogen-bond donors (Lipinski definition) is 0. The van der Waals surface area contributed by atoms with Gasteiger partial charge in [-0.2, -0.15) is 0 Å². The molecule has 3 rings (SSSR count). The van der Waals surface area contributed by atoms with Crippen LogP contribution in [0.3, 0.4) is 0 Å². The number of halogens is 2. The minimum absolute atomic E-state index is 0.0259. The summed E-state index contributed by atoms with van der Waals surface area (Å²) in [4.78, 5) is 12.4. The molecule has 0 radical (unpaired) electrons. The third-order valence-corrected chi connectivity index (χ3v) is 5.05. The van der Waals surface area contributed by atoms with Crippen LogP contribution in [0.5, 0.6) is 0 Å². The Balaban J connectivity index is 1.92. The minimum Gasteiger partial charge on any atom is -0.294 e. The Morgan fingerprint density at radius 1 is 1.20 bits per heavy atom. The molecule has 1 aromatic heterocycles. The topological polar surface area (TPSA) is 17.1 Å². The summed E-state index contributed by atoms with van der Waals surface area (Å²) >= 11 is 3.65. The summed E-state index contributed by atoms with van der Waals surface area (Å²) in [6.45, 7) is 0. The van der Waals surface area contributed by atoms with Crippen molar-refractivity contribution in [1.29, 1.82) is 0 Å². The molecule has 20 heavy (non-hydrogen) atoms. The third-order valence-electron chi connectivity index (χ3n) is 3.14. The van der Waals surface area contributed by atoms with Crippen molar-refractivity contribution < 1.29 is 9.18 Å². The van der Waals surface area contributed by atoms with E-state index in [9.17, 15) is 9.18 Å². The number of carbonyl (C=O) groups excluding carboxylic acids is 1. The Morgan fingerprint density at radius 2 is 2.00 bits per heavy atom. The highest BCUT2D eigenvalue weighted by atomic mass is 127. The molecule has 0 unspecified atom stereocenters. The molecule has 3 aromatic rings. The molecule has 0 atom stereocenters. The van der Waals surface area contributed by atoms with Crippen molar-refractivity contribution in [2.45, 2.75) is 6.42 Å². The van der Waals surface area contributed by atoms with Gasteiger partial charge in [0.05, 0.1) is 0 Å². The quantitative estimate of drug-likeness (QED) is 0.446. The van der Waals surface area contributed by atoms with Gasteiger partial charge in [0.15, 0.2) is 5.78 Å². The predicted octanol–water partition coefficient (Wildman–Crippen LogP) is 5.07. The molecule has 0 aliphatic carbocycles. The van der Waals surface area contributed by atoms with Crippen LogP contribution in [0, 0.1) is 9.39 Å². The molecule has 0 fully saturated rings. The Kier molecular flexibility index (Phi) is 3.85. The van der Waals surface area contributed by atoms with Gasteiger partial charge in [0, 0.05) is 20.3 Å². The number of ketones is 1. The van der Waals surface area contributed by atoms with Crippen molar-refractivity contribution in [3.8, 4) is 0 Å². The second-order valence-corrected chi connectivity index (χ2v) is 6.55. The molecule has 0 amide bonds. The van der Waals surface area contributed by atoms with Gasteiger partial charge in [0.25, 0.3) is 0 Å². The molecule has 0 spiro atoms. The lowest BCUT2D eigenvalue weighted by Crippen LogP contribution is -2.05. The summed E-state index contributed by atoms with van der Waals surface area (Å²) in [5, 5.41) is 3.15. The largest absolute Gasteiger partial charge is 0.294 e. The maximum Gasteiger partial charge on any atom is 0.168 e. The van der Waals surface area contributed by atoms with Crippen LogP contribution in [0.1, 0.15) is 15.9 Å². The fourth-order valence-electron chi connectivity index (χ4n) is 2.15. The molecule has 0 aliphatic rings. The van der Waals surface area contributed by atoms with Gasteiger partial charge in [0.1, 0.15) is 5.82 Å². The minimum atomic E-state index is -0.313. The van der Waals surface area contributed by atoms with E-state index >= 15 is 0 Å².